The molecule has 1 N–H and O–H groups in total. The predicted octanol–water partition coefficient (Wildman–Crippen LogP) is 3.93. The molecule has 2 heterocycles. The van der Waals surface area contributed by atoms with E-state index >= 15 is 0 Å². The van der Waals surface area contributed by atoms with Crippen molar-refractivity contribution in [3.63, 3.8) is 0 Å². The molecule has 0 spiro atoms. The molecule has 7 nitrogen and oxygen atoms in total. The highest BCUT2D eigenvalue weighted by Gasteiger charge is 2.48. The lowest BCUT2D eigenvalue weighted by molar-refractivity contribution is -0.121. The number of rotatable bonds is 6. The van der Waals surface area contributed by atoms with Gasteiger partial charge in [0.05, 0.1) is 12.3 Å². The maximum absolute atomic E-state index is 13.0. The second-order valence-electron chi connectivity index (χ2n) is 6.89. The summed E-state index contributed by atoms with van der Waals surface area (Å²) in [5.74, 6) is -1.17. The third kappa shape index (κ3) is 5.16. The predicted molar refractivity (Wildman–Crippen MR) is 107 cm³/mol. The number of esters is 1. The van der Waals surface area contributed by atoms with Gasteiger partial charge in [-0.15, -0.1) is 0 Å². The number of aromatic nitrogens is 1. The van der Waals surface area contributed by atoms with E-state index in [4.69, 9.17) is 4.74 Å². The minimum atomic E-state index is -4.44. The summed E-state index contributed by atoms with van der Waals surface area (Å²) in [6.45, 7) is 3.39. The number of amides is 3. The van der Waals surface area contributed by atoms with E-state index in [2.05, 4.69) is 10.3 Å². The molecule has 0 radical (unpaired) electrons. The van der Waals surface area contributed by atoms with Crippen LogP contribution in [0.2, 0.25) is 0 Å². The molecule has 1 unspecified atom stereocenters. The zero-order valence-corrected chi connectivity index (χ0v) is 17.3. The van der Waals surface area contributed by atoms with Crippen LogP contribution >= 0.6 is 11.8 Å². The monoisotopic (exact) mass is 453 g/mol. The molecule has 1 aromatic carbocycles. The van der Waals surface area contributed by atoms with Crippen LogP contribution in [0.5, 0.6) is 0 Å². The average molecular weight is 453 g/mol. The van der Waals surface area contributed by atoms with Crippen molar-refractivity contribution in [2.45, 2.75) is 36.2 Å². The van der Waals surface area contributed by atoms with Crippen molar-refractivity contribution < 1.29 is 32.3 Å². The van der Waals surface area contributed by atoms with Crippen molar-refractivity contribution in [3.05, 3.63) is 53.9 Å². The van der Waals surface area contributed by atoms with Crippen molar-refractivity contribution >= 4 is 35.4 Å². The molecule has 3 amide bonds. The van der Waals surface area contributed by atoms with Gasteiger partial charge in [-0.3, -0.25) is 4.79 Å². The van der Waals surface area contributed by atoms with Crippen molar-refractivity contribution in [2.75, 3.05) is 11.5 Å². The van der Waals surface area contributed by atoms with Crippen LogP contribution in [0.1, 0.15) is 29.9 Å². The molecule has 11 heteroatoms. The Kier molecular flexibility index (Phi) is 6.25. The van der Waals surface area contributed by atoms with Crippen LogP contribution in [0, 0.1) is 0 Å². The number of anilines is 1. The van der Waals surface area contributed by atoms with Crippen LogP contribution < -0.4 is 10.2 Å². The van der Waals surface area contributed by atoms with Crippen molar-refractivity contribution in [3.8, 4) is 0 Å². The maximum atomic E-state index is 13.0. The number of pyridine rings is 1. The summed E-state index contributed by atoms with van der Waals surface area (Å²) in [5, 5.41) is 2.62. The Labute approximate surface area is 180 Å². The second kappa shape index (κ2) is 8.58. The number of carbonyl (C=O) groups excluding carboxylic acids is 3. The fourth-order valence-corrected chi connectivity index (χ4v) is 3.68. The van der Waals surface area contributed by atoms with Gasteiger partial charge in [0.15, 0.2) is 0 Å². The van der Waals surface area contributed by atoms with E-state index in [1.54, 1.807) is 13.0 Å². The number of imide groups is 1. The number of hydrogen-bond acceptors (Lipinski definition) is 6. The third-order valence-electron chi connectivity index (χ3n) is 4.46. The molecule has 1 atom stereocenters. The third-order valence-corrected chi connectivity index (χ3v) is 5.20. The summed E-state index contributed by atoms with van der Waals surface area (Å²) in [6.07, 6.45) is 1.48. The van der Waals surface area contributed by atoms with Crippen LogP contribution in [0.4, 0.5) is 23.7 Å². The van der Waals surface area contributed by atoms with Gasteiger partial charge in [-0.25, -0.2) is 19.5 Å². The highest BCUT2D eigenvalue weighted by Crippen LogP contribution is 2.38. The summed E-state index contributed by atoms with van der Waals surface area (Å²) in [7, 11) is 0. The minimum absolute atomic E-state index is 0.0608. The number of hydrogen-bond donors (Lipinski definition) is 1. The molecule has 0 aliphatic carbocycles. The van der Waals surface area contributed by atoms with Gasteiger partial charge < -0.3 is 10.1 Å². The number of ether oxygens (including phenoxy) is 1. The number of thioether (sulfide) groups is 1. The Morgan fingerprint density at radius 2 is 1.90 bits per heavy atom. The van der Waals surface area contributed by atoms with Gasteiger partial charge in [0, 0.05) is 17.5 Å². The molecule has 0 bridgehead atoms. The standard InChI is InChI=1S/C20H18F3N3O4S/c1-3-30-16(27)15-10-12(8-9-24-15)11-19(2)17(28)26(18(29)25-19)13-4-6-14(7-5-13)31-20(21,22)23/h4-10H,3,11H2,1-2H3,(H,25,29). The lowest BCUT2D eigenvalue weighted by Crippen LogP contribution is -2.46. The summed E-state index contributed by atoms with van der Waals surface area (Å²) < 4.78 is 42.4. The van der Waals surface area contributed by atoms with Gasteiger partial charge in [-0.1, -0.05) is 0 Å². The first kappa shape index (κ1) is 22.6. The van der Waals surface area contributed by atoms with Crippen molar-refractivity contribution in [1.29, 1.82) is 0 Å². The Morgan fingerprint density at radius 3 is 2.52 bits per heavy atom. The number of urea groups is 1. The van der Waals surface area contributed by atoms with E-state index in [1.807, 2.05) is 0 Å². The van der Waals surface area contributed by atoms with Crippen molar-refractivity contribution in [1.82, 2.24) is 10.3 Å². The molecular formula is C20H18F3N3O4S. The smallest absolute Gasteiger partial charge is 0.446 e. The van der Waals surface area contributed by atoms with E-state index in [1.165, 1.54) is 43.5 Å². The fourth-order valence-electron chi connectivity index (χ4n) is 3.14. The SMILES string of the molecule is CCOC(=O)c1cc(CC2(C)NC(=O)N(c3ccc(SC(F)(F)F)cc3)C2=O)ccn1. The van der Waals surface area contributed by atoms with Gasteiger partial charge >= 0.3 is 17.5 Å². The van der Waals surface area contributed by atoms with Gasteiger partial charge in [0.2, 0.25) is 0 Å². The number of nitrogens with one attached hydrogen (secondary N) is 1. The topological polar surface area (TPSA) is 88.6 Å². The van der Waals surface area contributed by atoms with E-state index in [0.717, 1.165) is 4.90 Å². The molecular weight excluding hydrogens is 435 g/mol. The highest BCUT2D eigenvalue weighted by molar-refractivity contribution is 8.00. The fraction of sp³-hybridized carbons (Fsp3) is 0.300. The molecule has 31 heavy (non-hydrogen) atoms. The van der Waals surface area contributed by atoms with Crippen LogP contribution in [0.3, 0.4) is 0 Å². The quantitative estimate of drug-likeness (QED) is 0.405. The van der Waals surface area contributed by atoms with Crippen LogP contribution in [-0.4, -0.2) is 40.5 Å². The molecule has 3 rings (SSSR count). The molecule has 1 aliphatic rings. The van der Waals surface area contributed by atoms with Crippen LogP contribution in [0.25, 0.3) is 0 Å². The Bertz CT molecular complexity index is 1010. The normalized spacial score (nSPS) is 18.8. The van der Waals surface area contributed by atoms with E-state index in [9.17, 15) is 27.6 Å². The molecule has 0 saturated carbocycles. The van der Waals surface area contributed by atoms with Gasteiger partial charge in [0.1, 0.15) is 11.2 Å². The number of benzene rings is 1. The van der Waals surface area contributed by atoms with E-state index < -0.39 is 29.0 Å². The number of alkyl halides is 3. The molecule has 1 fully saturated rings. The van der Waals surface area contributed by atoms with E-state index in [0.29, 0.717) is 5.56 Å². The summed E-state index contributed by atoms with van der Waals surface area (Å²) in [4.78, 5) is 42.2. The maximum Gasteiger partial charge on any atom is 0.446 e. The zero-order valence-electron chi connectivity index (χ0n) is 16.5. The van der Waals surface area contributed by atoms with Crippen LogP contribution in [0.15, 0.2) is 47.5 Å². The highest BCUT2D eigenvalue weighted by atomic mass is 32.2. The molecule has 1 aromatic heterocycles. The Morgan fingerprint density at radius 1 is 1.23 bits per heavy atom. The minimum Gasteiger partial charge on any atom is -0.461 e. The van der Waals surface area contributed by atoms with Gasteiger partial charge in [0.25, 0.3) is 5.91 Å². The van der Waals surface area contributed by atoms with Gasteiger partial charge in [-0.2, -0.15) is 13.2 Å². The number of carbonyl (C=O) groups is 3. The lowest BCUT2D eigenvalue weighted by Gasteiger charge is -2.22. The van der Waals surface area contributed by atoms with Crippen LogP contribution in [-0.2, 0) is 16.0 Å². The number of nitrogens with zero attached hydrogens (tertiary/aromatic N) is 2. The first-order chi connectivity index (χ1) is 14.5. The summed E-state index contributed by atoms with van der Waals surface area (Å²) in [6, 6.07) is 7.35. The first-order valence-electron chi connectivity index (χ1n) is 9.17. The largest absolute Gasteiger partial charge is 0.461 e. The summed E-state index contributed by atoms with van der Waals surface area (Å²) >= 11 is -0.285. The Hall–Kier alpha value is -3.08. The molecule has 1 aliphatic heterocycles. The average Bonchev–Trinajstić information content (AvgIpc) is 2.90. The Balaban J connectivity index is 1.79. The first-order valence-corrected chi connectivity index (χ1v) is 9.98. The molecule has 164 valence electrons. The zero-order chi connectivity index (χ0) is 22.8. The summed E-state index contributed by atoms with van der Waals surface area (Å²) in [5.41, 5.74) is -4.94. The van der Waals surface area contributed by atoms with Crippen molar-refractivity contribution in [2.24, 2.45) is 0 Å². The lowest BCUT2D eigenvalue weighted by atomic mass is 9.93. The number of halogens is 3. The van der Waals surface area contributed by atoms with Gasteiger partial charge in [-0.05, 0) is 67.6 Å². The molecule has 1 saturated heterocycles. The van der Waals surface area contributed by atoms with E-state index in [-0.39, 0.29) is 41.1 Å². The second-order valence-corrected chi connectivity index (χ2v) is 8.03. The molecule has 2 aromatic rings.